The van der Waals surface area contributed by atoms with Crippen molar-refractivity contribution < 1.29 is 98.4 Å². The van der Waals surface area contributed by atoms with Gasteiger partial charge in [0.15, 0.2) is 11.4 Å². The molecule has 0 aliphatic carbocycles. The van der Waals surface area contributed by atoms with Crippen molar-refractivity contribution in [3.63, 3.8) is 0 Å². The van der Waals surface area contributed by atoms with E-state index in [1.165, 1.54) is 11.1 Å². The van der Waals surface area contributed by atoms with E-state index < -0.39 is 0 Å². The van der Waals surface area contributed by atoms with Crippen molar-refractivity contribution in [3.8, 4) is 22.5 Å². The third-order valence-electron chi connectivity index (χ3n) is 8.03. The SMILES string of the molecule is CCOC(=O)c1cc(-c2ccc[cH-]2)n(CCBr)n1.CCOC(=O)c1cc(-c2ccc[cH-]2)n(CCBr)n1.Cc1ccccc1.Cc1ccccc1.[Cl-].[Cl-].[Fe+2].[Fe+2].[Pd+2].c1cc[cH-]c1.c1cc[cH-]c1. The third-order valence-corrected chi connectivity index (χ3v) is 8.74. The van der Waals surface area contributed by atoms with Crippen molar-refractivity contribution in [3.05, 3.63) is 205 Å². The summed E-state index contributed by atoms with van der Waals surface area (Å²) in [7, 11) is 0. The summed E-state index contributed by atoms with van der Waals surface area (Å²) in [5.74, 6) is -0.753. The molecule has 8 aromatic rings. The molecule has 0 atom stereocenters. The summed E-state index contributed by atoms with van der Waals surface area (Å²) < 4.78 is 13.6. The van der Waals surface area contributed by atoms with Gasteiger partial charge in [0, 0.05) is 23.7 Å². The minimum atomic E-state index is -0.376. The van der Waals surface area contributed by atoms with Crippen LogP contribution in [0.3, 0.4) is 0 Å². The van der Waals surface area contributed by atoms with Crippen molar-refractivity contribution in [1.29, 1.82) is 0 Å². The van der Waals surface area contributed by atoms with Crippen molar-refractivity contribution in [2.75, 3.05) is 23.9 Å². The topological polar surface area (TPSA) is 88.2 Å². The first-order chi connectivity index (χ1) is 29.3. The van der Waals surface area contributed by atoms with E-state index >= 15 is 0 Å². The first-order valence-electron chi connectivity index (χ1n) is 19.7. The van der Waals surface area contributed by atoms with Crippen LogP contribution >= 0.6 is 31.9 Å². The first kappa shape index (κ1) is 65.7. The van der Waals surface area contributed by atoms with Gasteiger partial charge in [-0.05, 0) is 51.2 Å². The quantitative estimate of drug-likeness (QED) is 0.0675. The Morgan fingerprint density at radius 2 is 0.877 bits per heavy atom. The van der Waals surface area contributed by atoms with E-state index in [1.54, 1.807) is 26.0 Å². The Kier molecular flexibility index (Phi) is 41.1. The van der Waals surface area contributed by atoms with Crippen LogP contribution in [-0.2, 0) is 77.1 Å². The summed E-state index contributed by atoms with van der Waals surface area (Å²) in [6, 6.07) is 59.9. The Balaban J connectivity index is -0.000000754. The molecule has 0 unspecified atom stereocenters. The molecule has 0 N–H and O–H groups in total. The molecule has 2 aromatic heterocycles. The number of carbonyl (C=O) groups excluding carboxylic acids is 2. The van der Waals surface area contributed by atoms with Gasteiger partial charge in [-0.25, -0.2) is 33.9 Å². The number of hydrogen-bond donors (Lipinski definition) is 0. The second-order valence-corrected chi connectivity index (χ2v) is 14.3. The van der Waals surface area contributed by atoms with Crippen LogP contribution in [0.15, 0.2) is 182 Å². The molecule has 0 spiro atoms. The number of rotatable bonds is 10. The van der Waals surface area contributed by atoms with E-state index in [9.17, 15) is 9.59 Å². The van der Waals surface area contributed by atoms with E-state index in [0.717, 1.165) is 33.2 Å². The van der Waals surface area contributed by atoms with Crippen LogP contribution in [0.25, 0.3) is 22.5 Å². The minimum Gasteiger partial charge on any atom is -1.00 e. The van der Waals surface area contributed by atoms with Gasteiger partial charge in [-0.15, -0.1) is 23.3 Å². The maximum atomic E-state index is 11.7. The van der Waals surface area contributed by atoms with Crippen LogP contribution in [0.2, 0.25) is 0 Å². The predicted molar refractivity (Wildman–Crippen MR) is 252 cm³/mol. The molecule has 0 fully saturated rings. The zero-order chi connectivity index (χ0) is 43.2. The predicted octanol–water partition coefficient (Wildman–Crippen LogP) is 6.48. The van der Waals surface area contributed by atoms with E-state index in [2.05, 4.69) is 80.2 Å². The molecule has 0 saturated carbocycles. The molecular formula is C50H54Br2Cl2Fe2N4O4Pd. The largest absolute Gasteiger partial charge is 2.00 e. The Morgan fingerprint density at radius 3 is 1.09 bits per heavy atom. The Hall–Kier alpha value is -3.56. The fourth-order valence-corrected chi connectivity index (χ4v) is 5.88. The fraction of sp³-hybridized carbons (Fsp3) is 0.200. The second kappa shape index (κ2) is 40.7. The van der Waals surface area contributed by atoms with Gasteiger partial charge >= 0.3 is 66.5 Å². The molecule has 15 heteroatoms. The van der Waals surface area contributed by atoms with Gasteiger partial charge < -0.3 is 43.7 Å². The van der Waals surface area contributed by atoms with Gasteiger partial charge in [0.05, 0.1) is 13.2 Å². The normalized spacial score (nSPS) is 8.95. The number of hydrogen-bond acceptors (Lipinski definition) is 6. The Labute approximate surface area is 449 Å². The van der Waals surface area contributed by atoms with Gasteiger partial charge in [0.1, 0.15) is 0 Å². The van der Waals surface area contributed by atoms with E-state index in [4.69, 9.17) is 9.47 Å². The van der Waals surface area contributed by atoms with Crippen LogP contribution in [0.4, 0.5) is 0 Å². The molecule has 0 aliphatic rings. The molecule has 0 saturated heterocycles. The molecule has 0 aliphatic heterocycles. The van der Waals surface area contributed by atoms with Gasteiger partial charge in [0.2, 0.25) is 0 Å². The van der Waals surface area contributed by atoms with Gasteiger partial charge in [-0.1, -0.05) is 104 Å². The molecule has 2 heterocycles. The summed E-state index contributed by atoms with van der Waals surface area (Å²) in [5.41, 5.74) is 7.33. The molecule has 0 radical (unpaired) electrons. The number of nitrogens with zero attached hydrogens (tertiary/aromatic N) is 4. The molecular weight excluding hydrogens is 1170 g/mol. The van der Waals surface area contributed by atoms with Crippen molar-refractivity contribution >= 4 is 43.8 Å². The molecule has 65 heavy (non-hydrogen) atoms. The van der Waals surface area contributed by atoms with Crippen LogP contribution in [-0.4, -0.2) is 55.4 Å². The third kappa shape index (κ3) is 26.4. The van der Waals surface area contributed by atoms with Crippen molar-refractivity contribution in [2.24, 2.45) is 0 Å². The zero-order valence-corrected chi connectivity index (χ0v) is 45.0. The zero-order valence-electron chi connectivity index (χ0n) is 36.5. The number of halogens is 4. The number of aryl methyl sites for hydroxylation is 4. The second-order valence-electron chi connectivity index (χ2n) is 12.7. The van der Waals surface area contributed by atoms with E-state index in [0.29, 0.717) is 37.7 Å². The van der Waals surface area contributed by atoms with Crippen LogP contribution in [0.1, 0.15) is 46.0 Å². The molecule has 8 rings (SSSR count). The maximum absolute atomic E-state index is 11.7. The molecule has 8 nitrogen and oxygen atoms in total. The summed E-state index contributed by atoms with van der Waals surface area (Å²) in [6.07, 6.45) is 0. The van der Waals surface area contributed by atoms with Gasteiger partial charge in [0.25, 0.3) is 0 Å². The number of alkyl halides is 2. The summed E-state index contributed by atoms with van der Waals surface area (Å²) in [6.45, 7) is 9.86. The number of ether oxygens (including phenoxy) is 2. The number of esters is 2. The molecule has 0 bridgehead atoms. The Morgan fingerprint density at radius 1 is 0.538 bits per heavy atom. The standard InChI is InChI=1S/2C13H14BrN2O2.2C7H8.2C5H5.2ClH.2Fe.Pd/c2*1-2-18-13(17)11-9-12(10-5-3-4-6-10)16(15-11)8-7-14;2*1-7-5-3-2-4-6-7;2*1-2-4-5-3-1;;;;;/h2*3-6,9H,2,7-8H2,1H3;2*2-6H,1H3;2*1-5H;2*1H;;;/q2*-1;;;2*-1;;;3*+2/p-2. The molecule has 352 valence electrons. The van der Waals surface area contributed by atoms with Crippen LogP contribution < -0.4 is 24.8 Å². The first-order valence-corrected chi connectivity index (χ1v) is 22.0. The van der Waals surface area contributed by atoms with E-state index in [1.807, 2.05) is 155 Å². The summed E-state index contributed by atoms with van der Waals surface area (Å²) >= 11 is 6.77. The molecule has 6 aromatic carbocycles. The maximum Gasteiger partial charge on any atom is 2.00 e. The average Bonchev–Trinajstić information content (AvgIpc) is 4.10. The van der Waals surface area contributed by atoms with E-state index in [-0.39, 0.29) is 91.3 Å². The van der Waals surface area contributed by atoms with Crippen molar-refractivity contribution in [2.45, 2.75) is 40.8 Å². The summed E-state index contributed by atoms with van der Waals surface area (Å²) in [4.78, 5) is 23.3. The van der Waals surface area contributed by atoms with Gasteiger partial charge in [-0.2, -0.15) is 83.0 Å². The monoisotopic (exact) mass is 1220 g/mol. The smallest absolute Gasteiger partial charge is 1.00 e. The number of carbonyl (C=O) groups is 2. The minimum absolute atomic E-state index is 0. The Bertz CT molecular complexity index is 2040. The number of aromatic nitrogens is 4. The average molecular weight is 1220 g/mol. The number of benzene rings is 2. The van der Waals surface area contributed by atoms with Gasteiger partial charge in [-0.3, -0.25) is 0 Å². The fourth-order valence-electron chi connectivity index (χ4n) is 5.21. The van der Waals surface area contributed by atoms with Crippen LogP contribution in [0, 0.1) is 13.8 Å². The van der Waals surface area contributed by atoms with Crippen molar-refractivity contribution in [1.82, 2.24) is 19.6 Å². The van der Waals surface area contributed by atoms with Crippen LogP contribution in [0.5, 0.6) is 0 Å². The molecule has 0 amide bonds. The summed E-state index contributed by atoms with van der Waals surface area (Å²) in [5, 5.41) is 10.1.